The highest BCUT2D eigenvalue weighted by Gasteiger charge is 2.34. The molecule has 9 heteroatoms. The lowest BCUT2D eigenvalue weighted by Gasteiger charge is -2.24. The molecule has 0 bridgehead atoms. The summed E-state index contributed by atoms with van der Waals surface area (Å²) in [5, 5.41) is 17.5. The maximum absolute atomic E-state index is 12.6. The average Bonchev–Trinajstić information content (AvgIpc) is 3.09. The van der Waals surface area contributed by atoms with Crippen molar-refractivity contribution in [2.45, 2.75) is 12.8 Å². The van der Waals surface area contributed by atoms with Crippen LogP contribution >= 0.6 is 34.5 Å². The number of nitrogens with one attached hydrogen (secondary N) is 2. The molecule has 1 heterocycles. The van der Waals surface area contributed by atoms with Gasteiger partial charge in [-0.25, -0.2) is 0 Å². The van der Waals surface area contributed by atoms with Crippen LogP contribution in [0.1, 0.15) is 23.2 Å². The van der Waals surface area contributed by atoms with Crippen LogP contribution in [0.3, 0.4) is 0 Å². The monoisotopic (exact) mass is 438 g/mol. The molecule has 6 nitrogen and oxygen atoms in total. The fraction of sp³-hybridized carbons (Fsp3) is 0.211. The van der Waals surface area contributed by atoms with Gasteiger partial charge in [0.1, 0.15) is 5.00 Å². The Hall–Kier alpha value is -2.35. The molecule has 2 unspecified atom stereocenters. The van der Waals surface area contributed by atoms with Crippen molar-refractivity contribution in [3.8, 4) is 0 Å². The minimum atomic E-state index is -1.01. The number of allylic oxidation sites excluding steroid dienone is 2. The number of carbonyl (C=O) groups is 3. The summed E-state index contributed by atoms with van der Waals surface area (Å²) in [4.78, 5) is 36.6. The summed E-state index contributed by atoms with van der Waals surface area (Å²) in [5.74, 6) is -3.33. The molecule has 1 aromatic carbocycles. The van der Waals surface area contributed by atoms with E-state index in [-0.39, 0.29) is 5.56 Å². The van der Waals surface area contributed by atoms with Crippen molar-refractivity contribution < 1.29 is 19.5 Å². The number of halogens is 2. The van der Waals surface area contributed by atoms with Crippen molar-refractivity contribution >= 4 is 63.0 Å². The summed E-state index contributed by atoms with van der Waals surface area (Å²) in [5.41, 5.74) is 0.696. The molecule has 2 amide bonds. The number of rotatable bonds is 5. The maximum atomic E-state index is 12.6. The van der Waals surface area contributed by atoms with Crippen molar-refractivity contribution in [3.63, 3.8) is 0 Å². The molecule has 0 saturated carbocycles. The van der Waals surface area contributed by atoms with Gasteiger partial charge in [0.05, 0.1) is 17.4 Å². The van der Waals surface area contributed by atoms with Crippen LogP contribution in [0.2, 0.25) is 10.0 Å². The standard InChI is InChI=1S/C19H16Cl2N2O4S/c20-10-7-11(21)9-12(8-10)22-17(25)15-5-6-28-18(15)23-16(24)13-3-1-2-4-14(13)19(26)27/h1-2,5-9,13-14H,3-4H2,(H,22,25)(H,23,24)(H,26,27). The first-order valence-electron chi connectivity index (χ1n) is 8.38. The van der Waals surface area contributed by atoms with Gasteiger partial charge in [0.2, 0.25) is 5.91 Å². The number of carboxylic acid groups (broad SMARTS) is 1. The van der Waals surface area contributed by atoms with E-state index < -0.39 is 29.6 Å². The highest BCUT2D eigenvalue weighted by molar-refractivity contribution is 7.14. The molecule has 0 aliphatic heterocycles. The normalized spacial score (nSPS) is 18.5. The zero-order valence-corrected chi connectivity index (χ0v) is 16.8. The zero-order valence-electron chi connectivity index (χ0n) is 14.4. The Kier molecular flexibility index (Phi) is 6.39. The Morgan fingerprint density at radius 2 is 1.64 bits per heavy atom. The van der Waals surface area contributed by atoms with Gasteiger partial charge in [0.15, 0.2) is 0 Å². The first kappa shape index (κ1) is 20.4. The van der Waals surface area contributed by atoms with Gasteiger partial charge in [-0.05, 0) is 42.5 Å². The Morgan fingerprint density at radius 1 is 1.00 bits per heavy atom. The van der Waals surface area contributed by atoms with E-state index in [1.165, 1.54) is 11.3 Å². The summed E-state index contributed by atoms with van der Waals surface area (Å²) in [6.07, 6.45) is 4.22. The summed E-state index contributed by atoms with van der Waals surface area (Å²) in [7, 11) is 0. The van der Waals surface area contributed by atoms with Crippen LogP contribution in [0.5, 0.6) is 0 Å². The number of carbonyl (C=O) groups excluding carboxylic acids is 2. The van der Waals surface area contributed by atoms with Crippen molar-refractivity contribution in [2.24, 2.45) is 11.8 Å². The molecule has 1 aromatic heterocycles. The molecule has 0 spiro atoms. The molecular weight excluding hydrogens is 423 g/mol. The lowest BCUT2D eigenvalue weighted by atomic mass is 9.82. The van der Waals surface area contributed by atoms with Gasteiger partial charge in [-0.1, -0.05) is 35.4 Å². The highest BCUT2D eigenvalue weighted by Crippen LogP contribution is 2.30. The Balaban J connectivity index is 1.74. The second-order valence-corrected chi connectivity index (χ2v) is 8.05. The first-order chi connectivity index (χ1) is 13.3. The largest absolute Gasteiger partial charge is 0.481 e. The maximum Gasteiger partial charge on any atom is 0.307 e. The first-order valence-corrected chi connectivity index (χ1v) is 10.0. The molecule has 0 radical (unpaired) electrons. The van der Waals surface area contributed by atoms with Gasteiger partial charge >= 0.3 is 5.97 Å². The number of thiophene rings is 1. The van der Waals surface area contributed by atoms with Crippen LogP contribution in [-0.4, -0.2) is 22.9 Å². The van der Waals surface area contributed by atoms with Crippen molar-refractivity contribution in [1.29, 1.82) is 0 Å². The van der Waals surface area contributed by atoms with E-state index in [0.717, 1.165) is 0 Å². The molecule has 2 aromatic rings. The van der Waals surface area contributed by atoms with E-state index in [1.54, 1.807) is 41.8 Å². The Labute approximate surface area is 175 Å². The lowest BCUT2D eigenvalue weighted by Crippen LogP contribution is -2.34. The quantitative estimate of drug-likeness (QED) is 0.577. The number of aliphatic carboxylic acids is 1. The number of hydrogen-bond donors (Lipinski definition) is 3. The van der Waals surface area contributed by atoms with Crippen LogP contribution in [0.25, 0.3) is 0 Å². The SMILES string of the molecule is O=C(Nc1cc(Cl)cc(Cl)c1)c1ccsc1NC(=O)C1CC=CCC1C(=O)O. The predicted octanol–water partition coefficient (Wildman–Crippen LogP) is 4.91. The Bertz CT molecular complexity index is 937. The number of amides is 2. The third kappa shape index (κ3) is 4.73. The molecule has 3 N–H and O–H groups in total. The topological polar surface area (TPSA) is 95.5 Å². The van der Waals surface area contributed by atoms with Gasteiger partial charge in [0.25, 0.3) is 5.91 Å². The number of anilines is 2. The third-order valence-corrected chi connectivity index (χ3v) is 5.62. The van der Waals surface area contributed by atoms with Crippen LogP contribution in [0.4, 0.5) is 10.7 Å². The van der Waals surface area contributed by atoms with Crippen molar-refractivity contribution in [2.75, 3.05) is 10.6 Å². The molecule has 1 aliphatic rings. The Morgan fingerprint density at radius 3 is 2.29 bits per heavy atom. The fourth-order valence-electron chi connectivity index (χ4n) is 2.99. The van der Waals surface area contributed by atoms with Gasteiger partial charge < -0.3 is 15.7 Å². The van der Waals surface area contributed by atoms with E-state index in [0.29, 0.717) is 33.6 Å². The summed E-state index contributed by atoms with van der Waals surface area (Å²) >= 11 is 13.1. The predicted molar refractivity (Wildman–Crippen MR) is 110 cm³/mol. The van der Waals surface area contributed by atoms with E-state index in [4.69, 9.17) is 23.2 Å². The lowest BCUT2D eigenvalue weighted by molar-refractivity contribution is -0.146. The van der Waals surface area contributed by atoms with Crippen LogP contribution in [0.15, 0.2) is 41.8 Å². The van der Waals surface area contributed by atoms with E-state index in [1.807, 2.05) is 0 Å². The second kappa shape index (κ2) is 8.77. The van der Waals surface area contributed by atoms with E-state index >= 15 is 0 Å². The van der Waals surface area contributed by atoms with Gasteiger partial charge in [-0.15, -0.1) is 11.3 Å². The minimum absolute atomic E-state index is 0.271. The van der Waals surface area contributed by atoms with Crippen molar-refractivity contribution in [3.05, 3.63) is 57.4 Å². The molecule has 3 rings (SSSR count). The summed E-state index contributed by atoms with van der Waals surface area (Å²) in [6, 6.07) is 6.24. The summed E-state index contributed by atoms with van der Waals surface area (Å²) in [6.45, 7) is 0. The minimum Gasteiger partial charge on any atom is -0.481 e. The molecule has 0 fully saturated rings. The molecule has 2 atom stereocenters. The van der Waals surface area contributed by atoms with E-state index in [9.17, 15) is 19.5 Å². The van der Waals surface area contributed by atoms with Crippen LogP contribution < -0.4 is 10.6 Å². The van der Waals surface area contributed by atoms with Crippen molar-refractivity contribution in [1.82, 2.24) is 0 Å². The number of carboxylic acids is 1. The van der Waals surface area contributed by atoms with Gasteiger partial charge in [-0.3, -0.25) is 14.4 Å². The third-order valence-electron chi connectivity index (χ3n) is 4.35. The molecular formula is C19H16Cl2N2O4S. The zero-order chi connectivity index (χ0) is 20.3. The van der Waals surface area contributed by atoms with Crippen LogP contribution in [-0.2, 0) is 9.59 Å². The second-order valence-electron chi connectivity index (χ2n) is 6.26. The fourth-order valence-corrected chi connectivity index (χ4v) is 4.30. The van der Waals surface area contributed by atoms with Crippen LogP contribution in [0, 0.1) is 11.8 Å². The van der Waals surface area contributed by atoms with Gasteiger partial charge in [0, 0.05) is 15.7 Å². The molecule has 28 heavy (non-hydrogen) atoms. The van der Waals surface area contributed by atoms with E-state index in [2.05, 4.69) is 10.6 Å². The molecule has 0 saturated heterocycles. The molecule has 1 aliphatic carbocycles. The number of hydrogen-bond acceptors (Lipinski definition) is 4. The summed E-state index contributed by atoms with van der Waals surface area (Å²) < 4.78 is 0. The number of benzene rings is 1. The molecule has 146 valence electrons. The smallest absolute Gasteiger partial charge is 0.307 e. The average molecular weight is 439 g/mol. The highest BCUT2D eigenvalue weighted by atomic mass is 35.5. The van der Waals surface area contributed by atoms with Gasteiger partial charge in [-0.2, -0.15) is 0 Å².